The Labute approximate surface area is 150 Å². The summed E-state index contributed by atoms with van der Waals surface area (Å²) in [6.45, 7) is 0. The molecule has 0 bridgehead atoms. The zero-order valence-electron chi connectivity index (χ0n) is 14.4. The number of aromatic hydroxyl groups is 2. The van der Waals surface area contributed by atoms with Gasteiger partial charge < -0.3 is 19.5 Å². The molecular weight excluding hydrogens is 332 g/mol. The van der Waals surface area contributed by atoms with Crippen molar-refractivity contribution in [1.29, 1.82) is 0 Å². The highest BCUT2D eigenvalue weighted by Crippen LogP contribution is 2.26. The first-order valence-corrected chi connectivity index (χ1v) is 7.90. The van der Waals surface area contributed by atoms with Gasteiger partial charge in [0.15, 0.2) is 17.3 Å². The number of phenolic OH excluding ortho intramolecular Hbond substituents is 2. The predicted octanol–water partition coefficient (Wildman–Crippen LogP) is 3.29. The molecule has 6 heteroatoms. The van der Waals surface area contributed by atoms with Crippen LogP contribution in [-0.2, 0) is 11.8 Å². The maximum atomic E-state index is 12.1. The van der Waals surface area contributed by atoms with Crippen molar-refractivity contribution in [3.63, 3.8) is 0 Å². The summed E-state index contributed by atoms with van der Waals surface area (Å²) < 4.78 is 6.88. The van der Waals surface area contributed by atoms with Gasteiger partial charge in [-0.3, -0.25) is 4.79 Å². The van der Waals surface area contributed by atoms with Crippen molar-refractivity contribution in [2.45, 2.75) is 0 Å². The Hall–Kier alpha value is -3.54. The average Bonchev–Trinajstić information content (AvgIpc) is 2.94. The van der Waals surface area contributed by atoms with Gasteiger partial charge in [0.05, 0.1) is 18.1 Å². The molecule has 0 spiro atoms. The normalized spacial score (nSPS) is 11.6. The first kappa shape index (κ1) is 17.3. The highest BCUT2D eigenvalue weighted by atomic mass is 16.5. The third-order valence-corrected chi connectivity index (χ3v) is 3.94. The number of carbonyl (C=O) groups excluding carboxylic acids is 1. The lowest BCUT2D eigenvalue weighted by molar-refractivity contribution is -0.110. The Morgan fingerprint density at radius 2 is 1.88 bits per heavy atom. The van der Waals surface area contributed by atoms with Gasteiger partial charge in [-0.2, -0.15) is 0 Å². The van der Waals surface area contributed by atoms with Crippen molar-refractivity contribution in [2.24, 2.45) is 7.05 Å². The molecule has 0 atom stereocenters. The van der Waals surface area contributed by atoms with Gasteiger partial charge >= 0.3 is 0 Å². The number of phenols is 2. The Morgan fingerprint density at radius 3 is 2.65 bits per heavy atom. The van der Waals surface area contributed by atoms with Crippen LogP contribution in [0.4, 0.5) is 0 Å². The fourth-order valence-electron chi connectivity index (χ4n) is 2.54. The molecule has 0 aliphatic carbocycles. The quantitative estimate of drug-likeness (QED) is 0.690. The minimum atomic E-state index is -0.202. The molecule has 1 aromatic heterocycles. The minimum absolute atomic E-state index is 0.0451. The van der Waals surface area contributed by atoms with Crippen LogP contribution in [0.15, 0.2) is 48.6 Å². The number of hydrogen-bond acceptors (Lipinski definition) is 5. The molecule has 132 valence electrons. The SMILES string of the molecule is COc1cc(/C=C/C(=O)/C=C/c2nc3cc(O)ccc3n2C)ccc1O. The number of rotatable bonds is 5. The van der Waals surface area contributed by atoms with E-state index in [-0.39, 0.29) is 17.3 Å². The first-order chi connectivity index (χ1) is 12.5. The van der Waals surface area contributed by atoms with Gasteiger partial charge in [0, 0.05) is 13.1 Å². The zero-order chi connectivity index (χ0) is 18.7. The van der Waals surface area contributed by atoms with Crippen molar-refractivity contribution < 1.29 is 19.7 Å². The standard InChI is InChI=1S/C20H18N2O4/c1-22-17-8-6-15(24)12-16(17)21-20(22)10-7-14(23)5-3-13-4-9-18(25)19(11-13)26-2/h3-12,24-25H,1-2H3/b5-3+,10-7+. The van der Waals surface area contributed by atoms with Gasteiger partial charge in [0.2, 0.25) is 0 Å². The Bertz CT molecular complexity index is 1030. The minimum Gasteiger partial charge on any atom is -0.508 e. The second-order valence-corrected chi connectivity index (χ2v) is 5.70. The van der Waals surface area contributed by atoms with Gasteiger partial charge in [0.25, 0.3) is 0 Å². The second-order valence-electron chi connectivity index (χ2n) is 5.70. The molecule has 3 rings (SSSR count). The zero-order valence-corrected chi connectivity index (χ0v) is 14.4. The van der Waals surface area contributed by atoms with E-state index in [1.807, 2.05) is 11.6 Å². The molecule has 2 aromatic carbocycles. The van der Waals surface area contributed by atoms with Crippen LogP contribution in [0.2, 0.25) is 0 Å². The van der Waals surface area contributed by atoms with Gasteiger partial charge in [-0.25, -0.2) is 4.98 Å². The Morgan fingerprint density at radius 1 is 1.12 bits per heavy atom. The molecule has 0 amide bonds. The molecule has 0 unspecified atom stereocenters. The van der Waals surface area contributed by atoms with Crippen LogP contribution in [0.25, 0.3) is 23.2 Å². The van der Waals surface area contributed by atoms with Crippen LogP contribution in [0.5, 0.6) is 17.2 Å². The number of carbonyl (C=O) groups is 1. The monoisotopic (exact) mass is 350 g/mol. The topological polar surface area (TPSA) is 84.6 Å². The van der Waals surface area contributed by atoms with E-state index in [4.69, 9.17) is 4.74 Å². The van der Waals surface area contributed by atoms with Crippen LogP contribution in [-0.4, -0.2) is 32.7 Å². The molecule has 0 fully saturated rings. The summed E-state index contributed by atoms with van der Waals surface area (Å²) in [5.74, 6) is 0.946. The molecular formula is C20H18N2O4. The summed E-state index contributed by atoms with van der Waals surface area (Å²) >= 11 is 0. The molecule has 0 aliphatic heterocycles. The first-order valence-electron chi connectivity index (χ1n) is 7.90. The summed E-state index contributed by atoms with van der Waals surface area (Å²) in [5.41, 5.74) is 2.26. The van der Waals surface area contributed by atoms with E-state index in [1.54, 1.807) is 42.5 Å². The van der Waals surface area contributed by atoms with Crippen molar-refractivity contribution >= 4 is 29.0 Å². The number of allylic oxidation sites excluding steroid dienone is 2. The van der Waals surface area contributed by atoms with Crippen molar-refractivity contribution in [1.82, 2.24) is 9.55 Å². The maximum absolute atomic E-state index is 12.1. The van der Waals surface area contributed by atoms with Crippen LogP contribution in [0, 0.1) is 0 Å². The van der Waals surface area contributed by atoms with Gasteiger partial charge in [-0.15, -0.1) is 0 Å². The molecule has 0 saturated heterocycles. The molecule has 2 N–H and O–H groups in total. The third-order valence-electron chi connectivity index (χ3n) is 3.94. The lowest BCUT2D eigenvalue weighted by Gasteiger charge is -2.03. The summed E-state index contributed by atoms with van der Waals surface area (Å²) in [6.07, 6.45) is 6.12. The van der Waals surface area contributed by atoms with E-state index in [1.165, 1.54) is 25.3 Å². The number of ketones is 1. The van der Waals surface area contributed by atoms with Crippen molar-refractivity contribution in [2.75, 3.05) is 7.11 Å². The lowest BCUT2D eigenvalue weighted by Crippen LogP contribution is -1.92. The number of methoxy groups -OCH3 is 1. The number of imidazole rings is 1. The number of nitrogens with zero attached hydrogens (tertiary/aromatic N) is 2. The van der Waals surface area contributed by atoms with E-state index in [9.17, 15) is 15.0 Å². The molecule has 0 aliphatic rings. The maximum Gasteiger partial charge on any atom is 0.178 e. The molecule has 1 heterocycles. The average molecular weight is 350 g/mol. The van der Waals surface area contributed by atoms with Gasteiger partial charge in [0.1, 0.15) is 11.6 Å². The number of aromatic nitrogens is 2. The van der Waals surface area contributed by atoms with Crippen LogP contribution < -0.4 is 4.74 Å². The third kappa shape index (κ3) is 3.59. The van der Waals surface area contributed by atoms with Gasteiger partial charge in [-0.05, 0) is 48.1 Å². The fourth-order valence-corrected chi connectivity index (χ4v) is 2.54. The second kappa shape index (κ2) is 7.14. The molecule has 0 saturated carbocycles. The number of ether oxygens (including phenoxy) is 1. The highest BCUT2D eigenvalue weighted by molar-refractivity contribution is 6.04. The molecule has 6 nitrogen and oxygen atoms in total. The Balaban J connectivity index is 1.76. The van der Waals surface area contributed by atoms with E-state index in [0.29, 0.717) is 17.1 Å². The summed E-state index contributed by atoms with van der Waals surface area (Å²) in [5, 5.41) is 19.1. The smallest absolute Gasteiger partial charge is 0.178 e. The number of aryl methyl sites for hydroxylation is 1. The lowest BCUT2D eigenvalue weighted by atomic mass is 10.1. The van der Waals surface area contributed by atoms with Gasteiger partial charge in [-0.1, -0.05) is 12.1 Å². The number of fused-ring (bicyclic) bond motifs is 1. The van der Waals surface area contributed by atoms with Crippen molar-refractivity contribution in [3.05, 3.63) is 59.9 Å². The van der Waals surface area contributed by atoms with Crippen LogP contribution in [0.1, 0.15) is 11.4 Å². The number of hydrogen-bond donors (Lipinski definition) is 2. The fraction of sp³-hybridized carbons (Fsp3) is 0.100. The van der Waals surface area contributed by atoms with E-state index in [2.05, 4.69) is 4.98 Å². The summed E-state index contributed by atoms with van der Waals surface area (Å²) in [7, 11) is 3.31. The molecule has 3 aromatic rings. The van der Waals surface area contributed by atoms with E-state index in [0.717, 1.165) is 11.1 Å². The number of benzene rings is 2. The summed E-state index contributed by atoms with van der Waals surface area (Å²) in [6, 6.07) is 9.77. The predicted molar refractivity (Wildman–Crippen MR) is 100 cm³/mol. The van der Waals surface area contributed by atoms with Crippen LogP contribution >= 0.6 is 0 Å². The van der Waals surface area contributed by atoms with E-state index < -0.39 is 0 Å². The summed E-state index contributed by atoms with van der Waals surface area (Å²) in [4.78, 5) is 16.5. The van der Waals surface area contributed by atoms with Crippen molar-refractivity contribution in [3.8, 4) is 17.2 Å². The highest BCUT2D eigenvalue weighted by Gasteiger charge is 2.06. The van der Waals surface area contributed by atoms with E-state index >= 15 is 0 Å². The largest absolute Gasteiger partial charge is 0.508 e. The molecule has 26 heavy (non-hydrogen) atoms. The molecule has 0 radical (unpaired) electrons. The van der Waals surface area contributed by atoms with Crippen LogP contribution in [0.3, 0.4) is 0 Å². The Kier molecular flexibility index (Phi) is 4.75.